The van der Waals surface area contributed by atoms with Gasteiger partial charge < -0.3 is 0 Å². The smallest absolute Gasteiger partial charge is 0.0712 e. The summed E-state index contributed by atoms with van der Waals surface area (Å²) < 4.78 is 0.149. The maximum Gasteiger partial charge on any atom is 0.0952 e. The number of fused-ring (bicyclic) bond motifs is 2. The van der Waals surface area contributed by atoms with Crippen LogP contribution in [0.2, 0.25) is 0 Å². The van der Waals surface area contributed by atoms with E-state index in [9.17, 15) is 0 Å². The highest BCUT2D eigenvalue weighted by molar-refractivity contribution is 9.24. The van der Waals surface area contributed by atoms with Crippen molar-refractivity contribution in [3.63, 3.8) is 0 Å². The minimum Gasteiger partial charge on any atom is -0.0712 e. The van der Waals surface area contributed by atoms with Crippen molar-refractivity contribution in [3.05, 3.63) is 83.9 Å². The van der Waals surface area contributed by atoms with Crippen molar-refractivity contribution < 1.29 is 0 Å². The van der Waals surface area contributed by atoms with E-state index in [-0.39, 0.29) is 7.47 Å². The normalized spacial score (nSPS) is 11.8. The van der Waals surface area contributed by atoms with E-state index in [2.05, 4.69) is 137 Å². The van der Waals surface area contributed by atoms with Crippen LogP contribution in [0, 0.1) is 0 Å². The van der Waals surface area contributed by atoms with E-state index in [1.54, 1.807) is 0 Å². The molecule has 0 heterocycles. The van der Waals surface area contributed by atoms with Crippen molar-refractivity contribution >= 4 is 85.3 Å². The Hall–Kier alpha value is -0.680. The molecule has 4 aromatic carbocycles. The second-order valence-electron chi connectivity index (χ2n) is 6.10. The molecule has 0 atom stereocenters. The lowest BCUT2D eigenvalue weighted by Gasteiger charge is -2.20. The fraction of sp³-hybridized carbons (Fsp3) is 0.0909. The van der Waals surface area contributed by atoms with E-state index >= 15 is 0 Å². The number of hydrogen-bond donors (Lipinski definition) is 0. The summed E-state index contributed by atoms with van der Waals surface area (Å²) in [7, 11) is 0. The van der Waals surface area contributed by atoms with Crippen LogP contribution >= 0.6 is 63.7 Å². The van der Waals surface area contributed by atoms with Gasteiger partial charge >= 0.3 is 0 Å². The quantitative estimate of drug-likeness (QED) is 0.207. The Labute approximate surface area is 186 Å². The van der Waals surface area contributed by atoms with Gasteiger partial charge in [-0.3, -0.25) is 0 Å². The average molecular weight is 598 g/mol. The molecule has 0 amide bonds. The molecule has 0 nitrogen and oxygen atoms in total. The summed E-state index contributed by atoms with van der Waals surface area (Å²) >= 11 is 14.9. The molecular weight excluding hydrogens is 584 g/mol. The Morgan fingerprint density at radius 1 is 0.462 bits per heavy atom. The topological polar surface area (TPSA) is 0 Å². The Kier molecular flexibility index (Phi) is 5.56. The highest BCUT2D eigenvalue weighted by Gasteiger charge is 2.21. The van der Waals surface area contributed by atoms with E-state index in [0.29, 0.717) is 0 Å². The fourth-order valence-electron chi connectivity index (χ4n) is 3.50. The first-order chi connectivity index (χ1) is 12.6. The molecule has 0 aromatic heterocycles. The summed E-state index contributed by atoms with van der Waals surface area (Å²) in [6.45, 7) is 0. The number of hydrogen-bond acceptors (Lipinski definition) is 0. The van der Waals surface area contributed by atoms with Crippen LogP contribution in [-0.4, -0.2) is 0 Å². The second kappa shape index (κ2) is 7.75. The molecule has 0 bridgehead atoms. The number of halogens is 4. The van der Waals surface area contributed by atoms with Crippen LogP contribution < -0.4 is 0 Å². The van der Waals surface area contributed by atoms with E-state index in [0.717, 1.165) is 0 Å². The number of benzene rings is 4. The molecule has 0 aliphatic heterocycles. The van der Waals surface area contributed by atoms with Crippen LogP contribution in [0.4, 0.5) is 0 Å². The predicted octanol–water partition coefficient (Wildman–Crippen LogP) is 9.24. The van der Waals surface area contributed by atoms with Gasteiger partial charge in [-0.25, -0.2) is 0 Å². The molecule has 0 fully saturated rings. The average Bonchev–Trinajstić information content (AvgIpc) is 2.66. The van der Waals surface area contributed by atoms with Gasteiger partial charge in [-0.05, 0) is 43.8 Å². The zero-order valence-corrected chi connectivity index (χ0v) is 19.9. The van der Waals surface area contributed by atoms with Gasteiger partial charge in [-0.1, -0.05) is 137 Å². The molecule has 0 spiro atoms. The third-order valence-electron chi connectivity index (χ3n) is 4.64. The van der Waals surface area contributed by atoms with E-state index in [1.165, 1.54) is 43.8 Å². The third kappa shape index (κ3) is 3.30. The van der Waals surface area contributed by atoms with Crippen LogP contribution in [0.3, 0.4) is 0 Å². The van der Waals surface area contributed by atoms with Crippen LogP contribution in [0.1, 0.15) is 18.6 Å². The van der Waals surface area contributed by atoms with Gasteiger partial charge in [-0.2, -0.15) is 0 Å². The minimum atomic E-state index is 0.0746. The Balaban J connectivity index is 2.23. The fourth-order valence-corrected chi connectivity index (χ4v) is 5.02. The lowest BCUT2D eigenvalue weighted by Crippen LogP contribution is -1.96. The molecule has 0 N–H and O–H groups in total. The Morgan fingerprint density at radius 2 is 0.846 bits per heavy atom. The molecule has 4 heteroatoms. The molecular formula is C22H14Br4. The molecule has 0 unspecified atom stereocenters. The maximum atomic E-state index is 3.74. The second-order valence-corrected chi connectivity index (χ2v) is 12.2. The molecule has 0 saturated heterocycles. The molecule has 0 aliphatic carbocycles. The maximum absolute atomic E-state index is 3.74. The van der Waals surface area contributed by atoms with Gasteiger partial charge in [0.25, 0.3) is 0 Å². The third-order valence-corrected chi connectivity index (χ3v) is 6.62. The number of rotatable bonds is 3. The molecule has 4 aromatic rings. The highest BCUT2D eigenvalue weighted by Crippen LogP contribution is 2.47. The highest BCUT2D eigenvalue weighted by atomic mass is 79.9. The summed E-state index contributed by atoms with van der Waals surface area (Å²) in [5.41, 5.74) is 4.97. The van der Waals surface area contributed by atoms with Crippen molar-refractivity contribution in [2.45, 2.75) is 7.47 Å². The largest absolute Gasteiger partial charge is 0.0952 e. The van der Waals surface area contributed by atoms with Gasteiger partial charge in [0.15, 0.2) is 0 Å². The van der Waals surface area contributed by atoms with Crippen LogP contribution in [0.15, 0.2) is 72.8 Å². The zero-order valence-electron chi connectivity index (χ0n) is 13.6. The Morgan fingerprint density at radius 3 is 1.23 bits per heavy atom. The van der Waals surface area contributed by atoms with Gasteiger partial charge in [0.1, 0.15) is 0 Å². The molecule has 130 valence electrons. The van der Waals surface area contributed by atoms with Gasteiger partial charge in [0.2, 0.25) is 0 Å². The van der Waals surface area contributed by atoms with Gasteiger partial charge in [0.05, 0.1) is 7.47 Å². The van der Waals surface area contributed by atoms with E-state index < -0.39 is 0 Å². The summed E-state index contributed by atoms with van der Waals surface area (Å²) in [4.78, 5) is 0. The van der Waals surface area contributed by atoms with E-state index in [4.69, 9.17) is 0 Å². The van der Waals surface area contributed by atoms with Crippen LogP contribution in [0.25, 0.3) is 32.7 Å². The first kappa shape index (κ1) is 18.7. The van der Waals surface area contributed by atoms with Crippen molar-refractivity contribution in [3.8, 4) is 11.1 Å². The van der Waals surface area contributed by atoms with Crippen molar-refractivity contribution in [1.82, 2.24) is 0 Å². The summed E-state index contributed by atoms with van der Waals surface area (Å²) in [5.74, 6) is 0. The first-order valence-electron chi connectivity index (χ1n) is 8.18. The predicted molar refractivity (Wildman–Crippen MR) is 128 cm³/mol. The molecule has 4 rings (SSSR count). The minimum absolute atomic E-state index is 0.0746. The van der Waals surface area contributed by atoms with E-state index in [1.807, 2.05) is 0 Å². The molecule has 0 saturated carbocycles. The lowest BCUT2D eigenvalue weighted by molar-refractivity contribution is 1.40. The van der Waals surface area contributed by atoms with Crippen molar-refractivity contribution in [1.29, 1.82) is 0 Å². The van der Waals surface area contributed by atoms with Crippen molar-refractivity contribution in [2.24, 2.45) is 0 Å². The number of alkyl halides is 4. The SMILES string of the molecule is BrC(Br)c1ccc2ccccc2c1-c1c(C(Br)Br)ccc2ccccc12. The summed E-state index contributed by atoms with van der Waals surface area (Å²) in [6, 6.07) is 25.9. The summed E-state index contributed by atoms with van der Waals surface area (Å²) in [6.07, 6.45) is 0. The van der Waals surface area contributed by atoms with Crippen LogP contribution in [0.5, 0.6) is 0 Å². The van der Waals surface area contributed by atoms with Gasteiger partial charge in [-0.15, -0.1) is 0 Å². The first-order valence-corrected chi connectivity index (χ1v) is 11.8. The standard InChI is InChI=1S/C22H14Br4/c23-21(24)17-11-9-13-5-1-3-7-15(13)19(17)20-16-8-4-2-6-14(16)10-12-18(20)22(25)26/h1-12,21-22H. The summed E-state index contributed by atoms with van der Waals surface area (Å²) in [5, 5.41) is 5.00. The molecule has 26 heavy (non-hydrogen) atoms. The van der Waals surface area contributed by atoms with Gasteiger partial charge in [0, 0.05) is 0 Å². The van der Waals surface area contributed by atoms with Crippen molar-refractivity contribution in [2.75, 3.05) is 0 Å². The zero-order chi connectivity index (χ0) is 18.3. The monoisotopic (exact) mass is 594 g/mol. The lowest BCUT2D eigenvalue weighted by atomic mass is 9.88. The molecule has 0 aliphatic rings. The Bertz CT molecular complexity index is 1010. The van der Waals surface area contributed by atoms with Crippen LogP contribution in [-0.2, 0) is 0 Å². The molecule has 0 radical (unpaired) electrons.